The van der Waals surface area contributed by atoms with Crippen molar-refractivity contribution in [1.29, 1.82) is 0 Å². The molecule has 2 rings (SSSR count). The van der Waals surface area contributed by atoms with Crippen molar-refractivity contribution in [2.45, 2.75) is 32.2 Å². The number of nitrogens with one attached hydrogen (secondary N) is 2. The summed E-state index contributed by atoms with van der Waals surface area (Å²) in [6.45, 7) is 5.52. The summed E-state index contributed by atoms with van der Waals surface area (Å²) < 4.78 is 43.5. The molecule has 4 nitrogen and oxygen atoms in total. The number of quaternary nitrogens is 1. The quantitative estimate of drug-likeness (QED) is 0.883. The molecule has 0 bridgehead atoms. The fourth-order valence-electron chi connectivity index (χ4n) is 2.74. The van der Waals surface area contributed by atoms with Crippen LogP contribution in [0.15, 0.2) is 24.3 Å². The van der Waals surface area contributed by atoms with Crippen LogP contribution in [0.1, 0.15) is 19.4 Å². The predicted molar refractivity (Wildman–Crippen MR) is 75.6 cm³/mol. The lowest BCUT2D eigenvalue weighted by molar-refractivity contribution is -0.907. The predicted octanol–water partition coefficient (Wildman–Crippen LogP) is 1.34. The van der Waals surface area contributed by atoms with E-state index in [1.807, 2.05) is 13.8 Å². The highest BCUT2D eigenvalue weighted by atomic mass is 19.4. The van der Waals surface area contributed by atoms with Gasteiger partial charge in [0.25, 0.3) is 5.91 Å². The molecule has 1 aromatic carbocycles. The van der Waals surface area contributed by atoms with E-state index in [0.29, 0.717) is 13.1 Å². The molecule has 0 unspecified atom stereocenters. The van der Waals surface area contributed by atoms with Gasteiger partial charge in [0.1, 0.15) is 25.3 Å². The van der Waals surface area contributed by atoms with Crippen LogP contribution in [0.5, 0.6) is 0 Å². The van der Waals surface area contributed by atoms with Gasteiger partial charge in [-0.3, -0.25) is 4.79 Å². The third kappa shape index (κ3) is 4.71. The van der Waals surface area contributed by atoms with Crippen LogP contribution in [0.3, 0.4) is 0 Å². The maximum absolute atomic E-state index is 12.6. The van der Waals surface area contributed by atoms with Gasteiger partial charge in [-0.1, -0.05) is 6.07 Å². The molecular formula is C15H20F3N2O2+. The number of morpholine rings is 1. The number of halogens is 3. The molecule has 0 radical (unpaired) electrons. The number of ether oxygens (including phenoxy) is 1. The van der Waals surface area contributed by atoms with Gasteiger partial charge < -0.3 is 15.0 Å². The minimum absolute atomic E-state index is 0.0695. The minimum Gasteiger partial charge on any atom is -0.364 e. The van der Waals surface area contributed by atoms with E-state index in [2.05, 4.69) is 5.32 Å². The van der Waals surface area contributed by atoms with Crippen molar-refractivity contribution in [1.82, 2.24) is 0 Å². The highest BCUT2D eigenvalue weighted by Crippen LogP contribution is 2.30. The highest BCUT2D eigenvalue weighted by molar-refractivity contribution is 5.91. The van der Waals surface area contributed by atoms with Crippen LogP contribution in [-0.2, 0) is 15.7 Å². The van der Waals surface area contributed by atoms with Crippen molar-refractivity contribution in [3.05, 3.63) is 29.8 Å². The molecule has 2 N–H and O–H groups in total. The fraction of sp³-hybridized carbons (Fsp3) is 0.533. The summed E-state index contributed by atoms with van der Waals surface area (Å²) in [6.07, 6.45) is -4.28. The summed E-state index contributed by atoms with van der Waals surface area (Å²) >= 11 is 0. The number of alkyl halides is 3. The maximum Gasteiger partial charge on any atom is 0.416 e. The third-order valence-electron chi connectivity index (χ3n) is 3.50. The zero-order valence-electron chi connectivity index (χ0n) is 12.5. The molecule has 1 heterocycles. The average Bonchev–Trinajstić information content (AvgIpc) is 2.36. The van der Waals surface area contributed by atoms with Crippen LogP contribution in [0, 0.1) is 0 Å². The van der Waals surface area contributed by atoms with Gasteiger partial charge in [0.2, 0.25) is 0 Å². The smallest absolute Gasteiger partial charge is 0.364 e. The molecule has 1 aromatic rings. The Labute approximate surface area is 127 Å². The van der Waals surface area contributed by atoms with Gasteiger partial charge in [-0.15, -0.1) is 0 Å². The Morgan fingerprint density at radius 3 is 2.55 bits per heavy atom. The summed E-state index contributed by atoms with van der Waals surface area (Å²) in [5.41, 5.74) is -0.611. The topological polar surface area (TPSA) is 42.8 Å². The van der Waals surface area contributed by atoms with Gasteiger partial charge >= 0.3 is 6.18 Å². The van der Waals surface area contributed by atoms with E-state index in [4.69, 9.17) is 4.74 Å². The van der Waals surface area contributed by atoms with E-state index >= 15 is 0 Å². The van der Waals surface area contributed by atoms with Crippen molar-refractivity contribution in [3.8, 4) is 0 Å². The first kappa shape index (κ1) is 16.8. The Hall–Kier alpha value is -1.60. The van der Waals surface area contributed by atoms with Gasteiger partial charge in [0.15, 0.2) is 6.54 Å². The second-order valence-corrected chi connectivity index (χ2v) is 5.72. The Balaban J connectivity index is 1.95. The van der Waals surface area contributed by atoms with E-state index in [1.54, 1.807) is 0 Å². The minimum atomic E-state index is -4.42. The van der Waals surface area contributed by atoms with E-state index < -0.39 is 11.7 Å². The Morgan fingerprint density at radius 2 is 1.95 bits per heavy atom. The normalized spacial score (nSPS) is 25.8. The van der Waals surface area contributed by atoms with E-state index in [0.717, 1.165) is 17.0 Å². The molecule has 1 saturated heterocycles. The molecule has 1 amide bonds. The van der Waals surface area contributed by atoms with Crippen molar-refractivity contribution >= 4 is 11.6 Å². The monoisotopic (exact) mass is 317 g/mol. The molecule has 2 atom stereocenters. The molecule has 22 heavy (non-hydrogen) atoms. The Bertz CT molecular complexity index is 524. The molecule has 1 aliphatic heterocycles. The van der Waals surface area contributed by atoms with Crippen molar-refractivity contribution in [3.63, 3.8) is 0 Å². The van der Waals surface area contributed by atoms with Gasteiger partial charge in [-0.05, 0) is 32.0 Å². The zero-order chi connectivity index (χ0) is 16.3. The number of carbonyl (C=O) groups excluding carboxylic acids is 1. The van der Waals surface area contributed by atoms with Crippen LogP contribution in [0.25, 0.3) is 0 Å². The maximum atomic E-state index is 12.6. The molecule has 0 spiro atoms. The van der Waals surface area contributed by atoms with E-state index in [1.165, 1.54) is 12.1 Å². The lowest BCUT2D eigenvalue weighted by atomic mass is 10.2. The van der Waals surface area contributed by atoms with Gasteiger partial charge in [-0.2, -0.15) is 13.2 Å². The molecule has 7 heteroatoms. The third-order valence-corrected chi connectivity index (χ3v) is 3.50. The van der Waals surface area contributed by atoms with Crippen LogP contribution in [0.4, 0.5) is 18.9 Å². The summed E-state index contributed by atoms with van der Waals surface area (Å²) in [5, 5.41) is 2.53. The number of rotatable bonds is 3. The lowest BCUT2D eigenvalue weighted by Crippen LogP contribution is -3.16. The summed E-state index contributed by atoms with van der Waals surface area (Å²) in [7, 11) is 0. The summed E-state index contributed by atoms with van der Waals surface area (Å²) in [6, 6.07) is 4.65. The molecule has 122 valence electrons. The average molecular weight is 317 g/mol. The highest BCUT2D eigenvalue weighted by Gasteiger charge is 2.31. The SMILES string of the molecule is C[C@@H]1C[NH+](CC(=O)Nc2cccc(C(F)(F)F)c2)C[C@@H](C)O1. The lowest BCUT2D eigenvalue weighted by Gasteiger charge is -2.31. The Kier molecular flexibility index (Phi) is 5.08. The molecular weight excluding hydrogens is 297 g/mol. The molecule has 0 aromatic heterocycles. The first-order valence-electron chi connectivity index (χ1n) is 7.20. The fourth-order valence-corrected chi connectivity index (χ4v) is 2.74. The van der Waals surface area contributed by atoms with Crippen LogP contribution >= 0.6 is 0 Å². The number of carbonyl (C=O) groups is 1. The van der Waals surface area contributed by atoms with Gasteiger partial charge in [-0.25, -0.2) is 0 Å². The molecule has 0 aliphatic carbocycles. The number of amides is 1. The van der Waals surface area contributed by atoms with Gasteiger partial charge in [0, 0.05) is 5.69 Å². The first-order valence-corrected chi connectivity index (χ1v) is 7.20. The van der Waals surface area contributed by atoms with Gasteiger partial charge in [0.05, 0.1) is 5.56 Å². The summed E-state index contributed by atoms with van der Waals surface area (Å²) in [5.74, 6) is -0.296. The Morgan fingerprint density at radius 1 is 1.32 bits per heavy atom. The van der Waals surface area contributed by atoms with Crippen molar-refractivity contribution < 1.29 is 27.6 Å². The largest absolute Gasteiger partial charge is 0.416 e. The van der Waals surface area contributed by atoms with E-state index in [-0.39, 0.29) is 30.3 Å². The zero-order valence-corrected chi connectivity index (χ0v) is 12.5. The molecule has 1 fully saturated rings. The molecule has 0 saturated carbocycles. The number of benzene rings is 1. The second kappa shape index (κ2) is 6.66. The van der Waals surface area contributed by atoms with Crippen LogP contribution in [-0.4, -0.2) is 37.7 Å². The first-order chi connectivity index (χ1) is 10.2. The molecule has 1 aliphatic rings. The summed E-state index contributed by atoms with van der Waals surface area (Å²) in [4.78, 5) is 13.1. The standard InChI is InChI=1S/C15H19F3N2O2/c1-10-7-20(8-11(2)22-10)9-14(21)19-13-5-3-4-12(6-13)15(16,17)18/h3-6,10-11H,7-9H2,1-2H3,(H,19,21)/p+1/t10-,11-/m1/s1. The second-order valence-electron chi connectivity index (χ2n) is 5.72. The van der Waals surface area contributed by atoms with Crippen LogP contribution < -0.4 is 10.2 Å². The number of hydrogen-bond acceptors (Lipinski definition) is 2. The number of anilines is 1. The van der Waals surface area contributed by atoms with Crippen molar-refractivity contribution in [2.75, 3.05) is 25.0 Å². The van der Waals surface area contributed by atoms with Crippen molar-refractivity contribution in [2.24, 2.45) is 0 Å². The van der Waals surface area contributed by atoms with Crippen LogP contribution in [0.2, 0.25) is 0 Å². The van der Waals surface area contributed by atoms with E-state index in [9.17, 15) is 18.0 Å². The number of hydrogen-bond donors (Lipinski definition) is 2.